The molecular weight excluding hydrogens is 186 g/mol. The van der Waals surface area contributed by atoms with Crippen LogP contribution in [0.3, 0.4) is 0 Å². The van der Waals surface area contributed by atoms with Gasteiger partial charge in [0.25, 0.3) is 0 Å². The normalized spacial score (nSPS) is 9.44. The second-order valence-electron chi connectivity index (χ2n) is 1.61. The Bertz CT molecular complexity index is 87.0. The zero-order chi connectivity index (χ0) is 7.11. The first-order valence-corrected chi connectivity index (χ1v) is 3.88. The number of carboxylic acid groups (broad SMARTS) is 1. The Labute approximate surface area is 62.6 Å². The number of hydrogen-bond donors (Lipinski definition) is 2. The average molecular weight is 196 g/mol. The third kappa shape index (κ3) is 7.91. The Kier molecular flexibility index (Phi) is 5.98. The average Bonchev–Trinajstić information content (AvgIpc) is 1.80. The van der Waals surface area contributed by atoms with E-state index in [-0.39, 0.29) is 6.54 Å². The molecule has 0 unspecified atom stereocenters. The lowest BCUT2D eigenvalue weighted by molar-refractivity contribution is -0.135. The molecular formula is C5H10BrNO2. The van der Waals surface area contributed by atoms with Crippen LogP contribution in [0.1, 0.15) is 6.42 Å². The predicted molar refractivity (Wildman–Crippen MR) is 38.9 cm³/mol. The fraction of sp³-hybridized carbons (Fsp3) is 0.800. The van der Waals surface area contributed by atoms with Crippen molar-refractivity contribution in [2.75, 3.05) is 18.4 Å². The molecule has 0 heterocycles. The molecule has 0 bridgehead atoms. The fourth-order valence-corrected chi connectivity index (χ4v) is 0.668. The molecule has 54 valence electrons. The Balaban J connectivity index is 2.83. The molecule has 0 atom stereocenters. The first-order valence-electron chi connectivity index (χ1n) is 2.76. The molecule has 0 rings (SSSR count). The lowest BCUT2D eigenvalue weighted by Gasteiger charge is -1.96. The molecule has 2 N–H and O–H groups in total. The van der Waals surface area contributed by atoms with E-state index in [1.807, 2.05) is 0 Å². The van der Waals surface area contributed by atoms with E-state index in [1.54, 1.807) is 0 Å². The largest absolute Gasteiger partial charge is 0.480 e. The Hall–Kier alpha value is -0.0900. The minimum atomic E-state index is -0.801. The van der Waals surface area contributed by atoms with Gasteiger partial charge in [0.1, 0.15) is 0 Å². The topological polar surface area (TPSA) is 49.3 Å². The summed E-state index contributed by atoms with van der Waals surface area (Å²) in [6.07, 6.45) is 0.966. The van der Waals surface area contributed by atoms with Gasteiger partial charge in [-0.1, -0.05) is 15.9 Å². The van der Waals surface area contributed by atoms with Gasteiger partial charge in [-0.05, 0) is 13.0 Å². The van der Waals surface area contributed by atoms with Crippen LogP contribution in [0.2, 0.25) is 0 Å². The zero-order valence-corrected chi connectivity index (χ0v) is 6.65. The molecule has 3 nitrogen and oxygen atoms in total. The number of alkyl halides is 1. The number of carboxylic acids is 1. The molecule has 0 aromatic rings. The molecule has 4 heteroatoms. The van der Waals surface area contributed by atoms with Crippen LogP contribution in [0.25, 0.3) is 0 Å². The Morgan fingerprint density at radius 2 is 2.33 bits per heavy atom. The van der Waals surface area contributed by atoms with E-state index in [0.29, 0.717) is 0 Å². The van der Waals surface area contributed by atoms with Gasteiger partial charge in [0.2, 0.25) is 0 Å². The van der Waals surface area contributed by atoms with Crippen molar-refractivity contribution in [3.8, 4) is 0 Å². The first-order chi connectivity index (χ1) is 4.27. The zero-order valence-electron chi connectivity index (χ0n) is 5.06. The molecule has 0 saturated carbocycles. The summed E-state index contributed by atoms with van der Waals surface area (Å²) in [5, 5.41) is 11.8. The summed E-state index contributed by atoms with van der Waals surface area (Å²) >= 11 is 3.23. The summed E-state index contributed by atoms with van der Waals surface area (Å²) in [5.41, 5.74) is 0. The second-order valence-corrected chi connectivity index (χ2v) is 2.41. The summed E-state index contributed by atoms with van der Waals surface area (Å²) in [6.45, 7) is 0.824. The van der Waals surface area contributed by atoms with Crippen molar-refractivity contribution in [2.24, 2.45) is 0 Å². The van der Waals surface area contributed by atoms with E-state index in [2.05, 4.69) is 21.2 Å². The fourth-order valence-electron chi connectivity index (χ4n) is 0.387. The highest BCUT2D eigenvalue weighted by molar-refractivity contribution is 9.09. The summed E-state index contributed by atoms with van der Waals surface area (Å²) < 4.78 is 0. The maximum absolute atomic E-state index is 9.89. The summed E-state index contributed by atoms with van der Waals surface area (Å²) in [4.78, 5) is 9.89. The smallest absolute Gasteiger partial charge is 0.317 e. The number of hydrogen-bond acceptors (Lipinski definition) is 2. The summed E-state index contributed by atoms with van der Waals surface area (Å²) in [7, 11) is 0. The van der Waals surface area contributed by atoms with Gasteiger partial charge in [-0.25, -0.2) is 0 Å². The van der Waals surface area contributed by atoms with Crippen molar-refractivity contribution >= 4 is 21.9 Å². The van der Waals surface area contributed by atoms with Crippen LogP contribution < -0.4 is 5.32 Å². The van der Waals surface area contributed by atoms with E-state index in [0.717, 1.165) is 18.3 Å². The summed E-state index contributed by atoms with van der Waals surface area (Å²) in [6, 6.07) is 0. The molecule has 0 radical (unpaired) electrons. The highest BCUT2D eigenvalue weighted by Gasteiger charge is 1.92. The lowest BCUT2D eigenvalue weighted by atomic mass is 10.5. The van der Waals surface area contributed by atoms with Gasteiger partial charge in [-0.2, -0.15) is 0 Å². The van der Waals surface area contributed by atoms with Crippen molar-refractivity contribution in [1.82, 2.24) is 5.32 Å². The maximum Gasteiger partial charge on any atom is 0.317 e. The van der Waals surface area contributed by atoms with Crippen LogP contribution in [-0.2, 0) is 4.79 Å². The van der Waals surface area contributed by atoms with Gasteiger partial charge >= 0.3 is 5.97 Å². The van der Waals surface area contributed by atoms with Crippen LogP contribution in [0, 0.1) is 0 Å². The maximum atomic E-state index is 9.89. The van der Waals surface area contributed by atoms with E-state index < -0.39 is 5.97 Å². The van der Waals surface area contributed by atoms with Crippen molar-refractivity contribution in [3.05, 3.63) is 0 Å². The van der Waals surface area contributed by atoms with Crippen molar-refractivity contribution in [2.45, 2.75) is 6.42 Å². The van der Waals surface area contributed by atoms with Crippen molar-refractivity contribution in [3.63, 3.8) is 0 Å². The van der Waals surface area contributed by atoms with Gasteiger partial charge in [-0.15, -0.1) is 0 Å². The number of halogens is 1. The predicted octanol–water partition coefficient (Wildman–Crippen LogP) is 0.446. The van der Waals surface area contributed by atoms with E-state index in [4.69, 9.17) is 5.11 Å². The molecule has 0 aromatic heterocycles. The number of carbonyl (C=O) groups is 1. The molecule has 0 fully saturated rings. The third-order valence-corrected chi connectivity index (χ3v) is 1.32. The molecule has 0 aromatic carbocycles. The monoisotopic (exact) mass is 195 g/mol. The van der Waals surface area contributed by atoms with Crippen LogP contribution in [-0.4, -0.2) is 29.5 Å². The minimum Gasteiger partial charge on any atom is -0.480 e. The second kappa shape index (κ2) is 6.04. The van der Waals surface area contributed by atoms with Crippen molar-refractivity contribution < 1.29 is 9.90 Å². The van der Waals surface area contributed by atoms with E-state index >= 15 is 0 Å². The molecule has 0 saturated heterocycles. The number of nitrogens with one attached hydrogen (secondary N) is 1. The molecule has 0 aliphatic carbocycles. The SMILES string of the molecule is O=C(O)CNCCCBr. The molecule has 0 aliphatic rings. The standard InChI is InChI=1S/C5H10BrNO2/c6-2-1-3-7-4-5(8)9/h7H,1-4H2,(H,8,9). The van der Waals surface area contributed by atoms with Crippen LogP contribution in [0.4, 0.5) is 0 Å². The number of aliphatic carboxylic acids is 1. The summed E-state index contributed by atoms with van der Waals surface area (Å²) in [5.74, 6) is -0.801. The Morgan fingerprint density at radius 3 is 2.78 bits per heavy atom. The molecule has 9 heavy (non-hydrogen) atoms. The van der Waals surface area contributed by atoms with Gasteiger partial charge in [-0.3, -0.25) is 4.79 Å². The first kappa shape index (κ1) is 8.91. The van der Waals surface area contributed by atoms with Gasteiger partial charge in [0, 0.05) is 5.33 Å². The Morgan fingerprint density at radius 1 is 1.67 bits per heavy atom. The highest BCUT2D eigenvalue weighted by atomic mass is 79.9. The van der Waals surface area contributed by atoms with Crippen molar-refractivity contribution in [1.29, 1.82) is 0 Å². The van der Waals surface area contributed by atoms with Gasteiger partial charge < -0.3 is 10.4 Å². The van der Waals surface area contributed by atoms with E-state index in [1.165, 1.54) is 0 Å². The van der Waals surface area contributed by atoms with Crippen LogP contribution in [0.5, 0.6) is 0 Å². The quantitative estimate of drug-likeness (QED) is 0.495. The molecule has 0 aliphatic heterocycles. The molecule has 0 amide bonds. The van der Waals surface area contributed by atoms with Crippen LogP contribution in [0.15, 0.2) is 0 Å². The molecule has 0 spiro atoms. The van der Waals surface area contributed by atoms with Crippen LogP contribution >= 0.6 is 15.9 Å². The number of rotatable bonds is 5. The lowest BCUT2D eigenvalue weighted by Crippen LogP contribution is -2.23. The van der Waals surface area contributed by atoms with E-state index in [9.17, 15) is 4.79 Å². The highest BCUT2D eigenvalue weighted by Crippen LogP contribution is 1.83. The minimum absolute atomic E-state index is 0.0625. The van der Waals surface area contributed by atoms with Gasteiger partial charge in [0.05, 0.1) is 6.54 Å². The third-order valence-electron chi connectivity index (χ3n) is 0.763. The van der Waals surface area contributed by atoms with Gasteiger partial charge in [0.15, 0.2) is 0 Å².